The van der Waals surface area contributed by atoms with Gasteiger partial charge in [-0.05, 0) is 68.1 Å². The van der Waals surface area contributed by atoms with E-state index >= 15 is 0 Å². The van der Waals surface area contributed by atoms with Gasteiger partial charge in [-0.25, -0.2) is 0 Å². The number of halogens is 6. The molecule has 8 nitrogen and oxygen atoms in total. The van der Waals surface area contributed by atoms with E-state index in [0.29, 0.717) is 73.5 Å². The highest BCUT2D eigenvalue weighted by Crippen LogP contribution is 2.36. The molecule has 4 rings (SSSR count). The Morgan fingerprint density at radius 2 is 1.59 bits per heavy atom. The molecule has 14 heteroatoms. The van der Waals surface area contributed by atoms with Crippen molar-refractivity contribution in [1.82, 2.24) is 15.1 Å². The van der Waals surface area contributed by atoms with Gasteiger partial charge in [-0.15, -0.1) is 0 Å². The number of carbonyl (C=O) groups excluding carboxylic acids is 2. The Kier molecular flexibility index (Phi) is 12.4. The fourth-order valence-electron chi connectivity index (χ4n) is 6.97. The molecule has 49 heavy (non-hydrogen) atoms. The molecule has 0 bridgehead atoms. The zero-order chi connectivity index (χ0) is 35.9. The lowest BCUT2D eigenvalue weighted by atomic mass is 9.81. The van der Waals surface area contributed by atoms with Crippen LogP contribution in [-0.2, 0) is 22.2 Å². The predicted molar refractivity (Wildman–Crippen MR) is 174 cm³/mol. The minimum absolute atomic E-state index is 0.0363. The standard InChI is InChI=1S/C35H44F6N6O2/c1-22(42)46-16-14-24(15-17-46)20-45-32(48)30(25-6-3-2-4-7-25)47(33(49)35(39,40)41)21-28(18-23-10-12-26(13-11-23)31(43)44)27-8-5-9-29(19-27)34(36,37)38/h5,8-13,19,24-25,28,30,42H,2-4,6-7,14-18,20-21H2,1H3,(H3,43,44)(H,45,48). The Morgan fingerprint density at radius 1 is 0.959 bits per heavy atom. The lowest BCUT2D eigenvalue weighted by Gasteiger charge is -2.40. The molecule has 2 amide bonds. The van der Waals surface area contributed by atoms with Crippen LogP contribution in [0.25, 0.3) is 0 Å². The largest absolute Gasteiger partial charge is 0.471 e. The topological polar surface area (TPSA) is 126 Å². The average Bonchev–Trinajstić information content (AvgIpc) is 3.06. The van der Waals surface area contributed by atoms with Crippen molar-refractivity contribution in [3.05, 3.63) is 70.8 Å². The molecule has 268 valence electrons. The third-order valence-corrected chi connectivity index (χ3v) is 9.71. The molecule has 2 fully saturated rings. The molecule has 1 aliphatic heterocycles. The predicted octanol–water partition coefficient (Wildman–Crippen LogP) is 6.48. The molecular weight excluding hydrogens is 650 g/mol. The van der Waals surface area contributed by atoms with E-state index in [0.717, 1.165) is 18.6 Å². The summed E-state index contributed by atoms with van der Waals surface area (Å²) in [7, 11) is 0. The summed E-state index contributed by atoms with van der Waals surface area (Å²) in [5.74, 6) is -4.27. The second-order valence-corrected chi connectivity index (χ2v) is 13.2. The van der Waals surface area contributed by atoms with Gasteiger partial charge in [0.1, 0.15) is 11.9 Å². The maximum absolute atomic E-state index is 14.4. The Hall–Kier alpha value is -4.10. The normalized spacial score (nSPS) is 17.7. The van der Waals surface area contributed by atoms with Crippen molar-refractivity contribution in [2.75, 3.05) is 26.2 Å². The highest BCUT2D eigenvalue weighted by molar-refractivity contribution is 5.95. The Labute approximate surface area is 282 Å². The van der Waals surface area contributed by atoms with Crippen LogP contribution < -0.4 is 11.1 Å². The van der Waals surface area contributed by atoms with E-state index in [1.807, 2.05) is 4.90 Å². The quantitative estimate of drug-likeness (QED) is 0.122. The molecular formula is C35H44F6N6O2. The summed E-state index contributed by atoms with van der Waals surface area (Å²) in [6.45, 7) is 2.47. The van der Waals surface area contributed by atoms with Gasteiger partial charge in [-0.3, -0.25) is 20.4 Å². The number of nitrogens with one attached hydrogen (secondary N) is 3. The van der Waals surface area contributed by atoms with Gasteiger partial charge in [-0.1, -0.05) is 61.7 Å². The third-order valence-electron chi connectivity index (χ3n) is 9.71. The molecule has 1 saturated heterocycles. The molecule has 2 unspecified atom stereocenters. The highest BCUT2D eigenvalue weighted by Gasteiger charge is 2.49. The Balaban J connectivity index is 1.71. The van der Waals surface area contributed by atoms with Gasteiger partial charge in [0.2, 0.25) is 5.91 Å². The van der Waals surface area contributed by atoms with Gasteiger partial charge in [-0.2, -0.15) is 26.3 Å². The Morgan fingerprint density at radius 3 is 2.14 bits per heavy atom. The molecule has 1 saturated carbocycles. The first-order valence-electron chi connectivity index (χ1n) is 16.6. The number of rotatable bonds is 11. The number of benzene rings is 2. The first-order chi connectivity index (χ1) is 23.0. The van der Waals surface area contributed by atoms with Crippen LogP contribution in [0, 0.1) is 22.7 Å². The van der Waals surface area contributed by atoms with Gasteiger partial charge in [0.05, 0.1) is 11.4 Å². The first kappa shape index (κ1) is 37.7. The number of amidine groups is 2. The lowest BCUT2D eigenvalue weighted by Crippen LogP contribution is -2.58. The maximum Gasteiger partial charge on any atom is 0.471 e. The summed E-state index contributed by atoms with van der Waals surface area (Å²) in [6.07, 6.45) is -5.72. The molecule has 0 aromatic heterocycles. The second-order valence-electron chi connectivity index (χ2n) is 13.2. The maximum atomic E-state index is 14.4. The van der Waals surface area contributed by atoms with E-state index in [-0.39, 0.29) is 30.3 Å². The van der Waals surface area contributed by atoms with E-state index in [2.05, 4.69) is 5.32 Å². The number of nitrogens with two attached hydrogens (primary N) is 1. The number of amides is 2. The van der Waals surface area contributed by atoms with Gasteiger partial charge >= 0.3 is 18.3 Å². The molecule has 2 aliphatic rings. The number of nitrogens with zero attached hydrogens (tertiary/aromatic N) is 2. The number of piperidine rings is 1. The fraction of sp³-hybridized carbons (Fsp3) is 0.543. The summed E-state index contributed by atoms with van der Waals surface area (Å²) >= 11 is 0. The van der Waals surface area contributed by atoms with Crippen molar-refractivity contribution in [3.63, 3.8) is 0 Å². The SMILES string of the molecule is CC(=N)N1CCC(CNC(=O)C(C2CCCCC2)N(CC(Cc2ccc(C(=N)N)cc2)c2cccc(C(F)(F)F)c2)C(=O)C(F)(F)F)CC1. The van der Waals surface area contributed by atoms with Crippen LogP contribution in [0.2, 0.25) is 0 Å². The van der Waals surface area contributed by atoms with E-state index in [1.165, 1.54) is 24.3 Å². The molecule has 2 aromatic rings. The number of nitrogen functional groups attached to an aromatic ring is 1. The van der Waals surface area contributed by atoms with Crippen LogP contribution in [0.3, 0.4) is 0 Å². The minimum atomic E-state index is -5.34. The molecule has 0 spiro atoms. The van der Waals surface area contributed by atoms with Crippen LogP contribution in [0.5, 0.6) is 0 Å². The number of hydrogen-bond donors (Lipinski definition) is 4. The average molecular weight is 695 g/mol. The Bertz CT molecular complexity index is 1460. The van der Waals surface area contributed by atoms with E-state index in [4.69, 9.17) is 16.6 Å². The molecule has 2 atom stereocenters. The molecule has 5 N–H and O–H groups in total. The van der Waals surface area contributed by atoms with Gasteiger partial charge in [0.25, 0.3) is 0 Å². The number of hydrogen-bond acceptors (Lipinski definition) is 4. The zero-order valence-electron chi connectivity index (χ0n) is 27.5. The van der Waals surface area contributed by atoms with Crippen LogP contribution >= 0.6 is 0 Å². The van der Waals surface area contributed by atoms with Crippen molar-refractivity contribution in [2.24, 2.45) is 17.6 Å². The summed E-state index contributed by atoms with van der Waals surface area (Å²) in [5, 5.41) is 18.3. The first-order valence-corrected chi connectivity index (χ1v) is 16.6. The number of alkyl halides is 6. The summed E-state index contributed by atoms with van der Waals surface area (Å²) in [4.78, 5) is 29.8. The van der Waals surface area contributed by atoms with Crippen molar-refractivity contribution in [1.29, 1.82) is 10.8 Å². The van der Waals surface area contributed by atoms with Crippen LogP contribution in [0.4, 0.5) is 26.3 Å². The second kappa shape index (κ2) is 16.1. The minimum Gasteiger partial charge on any atom is -0.384 e. The molecule has 0 radical (unpaired) electrons. The van der Waals surface area contributed by atoms with Crippen LogP contribution in [-0.4, -0.2) is 71.7 Å². The van der Waals surface area contributed by atoms with E-state index < -0.39 is 54.2 Å². The zero-order valence-corrected chi connectivity index (χ0v) is 27.5. The van der Waals surface area contributed by atoms with Crippen LogP contribution in [0.15, 0.2) is 48.5 Å². The van der Waals surface area contributed by atoms with Gasteiger partial charge in [0.15, 0.2) is 0 Å². The van der Waals surface area contributed by atoms with E-state index in [1.54, 1.807) is 19.1 Å². The monoisotopic (exact) mass is 694 g/mol. The summed E-state index contributed by atoms with van der Waals surface area (Å²) in [5.41, 5.74) is 5.57. The fourth-order valence-corrected chi connectivity index (χ4v) is 6.97. The smallest absolute Gasteiger partial charge is 0.384 e. The third kappa shape index (κ3) is 10.2. The van der Waals surface area contributed by atoms with Crippen molar-refractivity contribution in [3.8, 4) is 0 Å². The summed E-state index contributed by atoms with van der Waals surface area (Å²) < 4.78 is 84.5. The van der Waals surface area contributed by atoms with Crippen LogP contribution in [0.1, 0.15) is 80.0 Å². The van der Waals surface area contributed by atoms with Gasteiger partial charge < -0.3 is 20.9 Å². The van der Waals surface area contributed by atoms with Crippen molar-refractivity contribution < 1.29 is 35.9 Å². The molecule has 1 aliphatic carbocycles. The van der Waals surface area contributed by atoms with Gasteiger partial charge in [0, 0.05) is 37.7 Å². The number of carbonyl (C=O) groups is 2. The van der Waals surface area contributed by atoms with Crippen molar-refractivity contribution in [2.45, 2.75) is 82.6 Å². The van der Waals surface area contributed by atoms with E-state index in [9.17, 15) is 35.9 Å². The number of likely N-dealkylation sites (tertiary alicyclic amines) is 1. The lowest BCUT2D eigenvalue weighted by molar-refractivity contribution is -0.190. The van der Waals surface area contributed by atoms with Crippen molar-refractivity contribution >= 4 is 23.5 Å². The molecule has 1 heterocycles. The highest BCUT2D eigenvalue weighted by atomic mass is 19.4. The summed E-state index contributed by atoms with van der Waals surface area (Å²) in [6, 6.07) is 9.07. The molecule has 2 aromatic carbocycles.